The molecule has 1 atom stereocenters. The summed E-state index contributed by atoms with van der Waals surface area (Å²) in [6, 6.07) is 2.48. The Kier molecular flexibility index (Phi) is 5.03. The standard InChI is InChI=1S/C17H19F4N5OS/c1-10-11(5-6-13(18)22-10)14(24-28(27)15(2,3)4)12-9-26(25-23-12)16(7-8-16)17(19,20)21/h5-6,9H,7-8H2,1-4H3/b24-14+. The first-order valence-corrected chi connectivity index (χ1v) is 9.60. The van der Waals surface area contributed by atoms with Crippen LogP contribution in [0.4, 0.5) is 17.6 Å². The number of aryl methyl sites for hydroxylation is 1. The molecule has 152 valence electrons. The normalized spacial score (nSPS) is 18.2. The largest absolute Gasteiger partial charge is 0.591 e. The van der Waals surface area contributed by atoms with Crippen molar-refractivity contribution in [3.05, 3.63) is 41.2 Å². The fourth-order valence-electron chi connectivity index (χ4n) is 2.58. The molecule has 6 nitrogen and oxygen atoms in total. The summed E-state index contributed by atoms with van der Waals surface area (Å²) in [5.41, 5.74) is -1.42. The van der Waals surface area contributed by atoms with Gasteiger partial charge in [0.2, 0.25) is 5.95 Å². The molecule has 28 heavy (non-hydrogen) atoms. The molecular formula is C17H19F4N5OS. The minimum absolute atomic E-state index is 0.0182. The number of rotatable bonds is 4. The molecule has 0 aliphatic heterocycles. The monoisotopic (exact) mass is 417 g/mol. The van der Waals surface area contributed by atoms with E-state index in [0.717, 1.165) is 16.9 Å². The van der Waals surface area contributed by atoms with Crippen molar-refractivity contribution in [2.45, 2.75) is 57.0 Å². The van der Waals surface area contributed by atoms with Gasteiger partial charge in [-0.2, -0.15) is 17.6 Å². The summed E-state index contributed by atoms with van der Waals surface area (Å²) in [5, 5.41) is 7.49. The fourth-order valence-corrected chi connectivity index (χ4v) is 3.21. The highest BCUT2D eigenvalue weighted by atomic mass is 32.2. The summed E-state index contributed by atoms with van der Waals surface area (Å²) in [5.74, 6) is -0.713. The maximum Gasteiger partial charge on any atom is 0.413 e. The zero-order valence-electron chi connectivity index (χ0n) is 15.7. The van der Waals surface area contributed by atoms with Gasteiger partial charge >= 0.3 is 6.18 Å². The molecule has 0 radical (unpaired) electrons. The molecule has 0 amide bonds. The van der Waals surface area contributed by atoms with Crippen LogP contribution in [0.2, 0.25) is 0 Å². The zero-order valence-corrected chi connectivity index (χ0v) is 16.5. The molecule has 0 aromatic carbocycles. The van der Waals surface area contributed by atoms with E-state index in [2.05, 4.69) is 19.7 Å². The Balaban J connectivity index is 2.10. The van der Waals surface area contributed by atoms with Crippen LogP contribution in [0.25, 0.3) is 0 Å². The number of alkyl halides is 3. The van der Waals surface area contributed by atoms with Gasteiger partial charge in [-0.15, -0.1) is 5.10 Å². The van der Waals surface area contributed by atoms with Crippen molar-refractivity contribution in [1.29, 1.82) is 0 Å². The predicted octanol–water partition coefficient (Wildman–Crippen LogP) is 3.47. The predicted molar refractivity (Wildman–Crippen MR) is 95.8 cm³/mol. The first kappa shape index (κ1) is 20.7. The van der Waals surface area contributed by atoms with E-state index in [-0.39, 0.29) is 29.9 Å². The number of pyridine rings is 1. The van der Waals surface area contributed by atoms with Crippen LogP contribution >= 0.6 is 0 Å². The minimum Gasteiger partial charge on any atom is -0.591 e. The molecular weight excluding hydrogens is 398 g/mol. The van der Waals surface area contributed by atoms with E-state index in [9.17, 15) is 22.1 Å². The lowest BCUT2D eigenvalue weighted by atomic mass is 10.1. The summed E-state index contributed by atoms with van der Waals surface area (Å²) >= 11 is -1.73. The molecule has 2 aromatic rings. The molecule has 1 fully saturated rings. The molecule has 0 spiro atoms. The third kappa shape index (κ3) is 3.77. The average Bonchev–Trinajstić information content (AvgIpc) is 3.24. The molecule has 1 saturated carbocycles. The van der Waals surface area contributed by atoms with Gasteiger partial charge in [0, 0.05) is 5.56 Å². The van der Waals surface area contributed by atoms with Gasteiger partial charge in [0.05, 0.1) is 11.9 Å². The second-order valence-corrected chi connectivity index (χ2v) is 9.55. The lowest BCUT2D eigenvalue weighted by Crippen LogP contribution is -2.35. The van der Waals surface area contributed by atoms with Crippen molar-refractivity contribution in [2.75, 3.05) is 0 Å². The highest BCUT2D eigenvalue weighted by Gasteiger charge is 2.66. The Labute approximate surface area is 162 Å². The van der Waals surface area contributed by atoms with Crippen LogP contribution in [0.15, 0.2) is 22.7 Å². The summed E-state index contributed by atoms with van der Waals surface area (Å²) < 4.78 is 70.3. The average molecular weight is 417 g/mol. The summed E-state index contributed by atoms with van der Waals surface area (Å²) in [6.45, 7) is 6.65. The van der Waals surface area contributed by atoms with E-state index in [1.165, 1.54) is 13.0 Å². The number of hydrogen-bond acceptors (Lipinski definition) is 5. The summed E-state index contributed by atoms with van der Waals surface area (Å²) in [7, 11) is 0. The van der Waals surface area contributed by atoms with E-state index in [0.29, 0.717) is 5.56 Å². The van der Waals surface area contributed by atoms with Crippen LogP contribution in [0.3, 0.4) is 0 Å². The van der Waals surface area contributed by atoms with Gasteiger partial charge in [-0.25, -0.2) is 9.67 Å². The van der Waals surface area contributed by atoms with E-state index < -0.39 is 33.8 Å². The van der Waals surface area contributed by atoms with E-state index >= 15 is 0 Å². The van der Waals surface area contributed by atoms with Crippen molar-refractivity contribution in [2.24, 2.45) is 4.40 Å². The zero-order chi connectivity index (χ0) is 20.9. The second kappa shape index (κ2) is 6.80. The van der Waals surface area contributed by atoms with Gasteiger partial charge in [0.25, 0.3) is 0 Å². The molecule has 1 aliphatic carbocycles. The summed E-state index contributed by atoms with van der Waals surface area (Å²) in [6.07, 6.45) is -3.49. The van der Waals surface area contributed by atoms with Crippen molar-refractivity contribution < 1.29 is 22.1 Å². The van der Waals surface area contributed by atoms with Crippen molar-refractivity contribution in [3.8, 4) is 0 Å². The van der Waals surface area contributed by atoms with Gasteiger partial charge in [-0.3, -0.25) is 0 Å². The molecule has 0 bridgehead atoms. The molecule has 2 heterocycles. The molecule has 3 rings (SSSR count). The van der Waals surface area contributed by atoms with Crippen molar-refractivity contribution >= 4 is 17.1 Å². The maximum atomic E-state index is 13.4. The number of nitrogens with zero attached hydrogens (tertiary/aromatic N) is 5. The minimum atomic E-state index is -4.46. The highest BCUT2D eigenvalue weighted by Crippen LogP contribution is 2.54. The first-order valence-electron chi connectivity index (χ1n) is 8.49. The van der Waals surface area contributed by atoms with Gasteiger partial charge in [-0.1, -0.05) is 9.61 Å². The second-order valence-electron chi connectivity index (χ2n) is 7.65. The van der Waals surface area contributed by atoms with Crippen LogP contribution in [0.1, 0.15) is 50.6 Å². The Morgan fingerprint density at radius 1 is 1.25 bits per heavy atom. The molecule has 0 saturated heterocycles. The maximum absolute atomic E-state index is 13.4. The van der Waals surface area contributed by atoms with Gasteiger partial charge in [0.15, 0.2) is 11.3 Å². The van der Waals surface area contributed by atoms with E-state index in [1.807, 2.05) is 0 Å². The van der Waals surface area contributed by atoms with Crippen molar-refractivity contribution in [3.63, 3.8) is 0 Å². The smallest absolute Gasteiger partial charge is 0.413 e. The first-order chi connectivity index (χ1) is 12.8. The quantitative estimate of drug-likeness (QED) is 0.330. The van der Waals surface area contributed by atoms with E-state index in [1.54, 1.807) is 20.8 Å². The van der Waals surface area contributed by atoms with Crippen molar-refractivity contribution in [1.82, 2.24) is 20.0 Å². The van der Waals surface area contributed by atoms with Gasteiger partial charge in [-0.05, 0) is 52.7 Å². The Morgan fingerprint density at radius 3 is 2.39 bits per heavy atom. The third-order valence-electron chi connectivity index (χ3n) is 4.43. The van der Waals surface area contributed by atoms with Crippen LogP contribution in [0, 0.1) is 12.9 Å². The molecule has 1 unspecified atom stereocenters. The van der Waals surface area contributed by atoms with Crippen LogP contribution in [0.5, 0.6) is 0 Å². The molecule has 2 aromatic heterocycles. The van der Waals surface area contributed by atoms with Crippen LogP contribution < -0.4 is 0 Å². The number of aromatic nitrogens is 4. The molecule has 0 N–H and O–H groups in total. The third-order valence-corrected chi connectivity index (χ3v) is 5.83. The number of halogens is 4. The molecule has 11 heteroatoms. The summed E-state index contributed by atoms with van der Waals surface area (Å²) in [4.78, 5) is 3.72. The Hall–Kier alpha value is -2.01. The lowest BCUT2D eigenvalue weighted by Gasteiger charge is -2.19. The highest BCUT2D eigenvalue weighted by molar-refractivity contribution is 7.91. The Morgan fingerprint density at radius 2 is 1.89 bits per heavy atom. The number of hydrogen-bond donors (Lipinski definition) is 0. The van der Waals surface area contributed by atoms with Gasteiger partial charge < -0.3 is 4.55 Å². The van der Waals surface area contributed by atoms with E-state index in [4.69, 9.17) is 0 Å². The topological polar surface area (TPSA) is 79.0 Å². The van der Waals surface area contributed by atoms with Gasteiger partial charge in [0.1, 0.15) is 21.8 Å². The fraction of sp³-hybridized carbons (Fsp3) is 0.529. The van der Waals surface area contributed by atoms with Crippen LogP contribution in [-0.2, 0) is 16.9 Å². The SMILES string of the molecule is Cc1nc(F)ccc1/C(=N\[S+]([O-])C(C)(C)C)c1cn(C2(C(F)(F)F)CC2)nn1. The Bertz CT molecular complexity index is 915. The lowest BCUT2D eigenvalue weighted by molar-refractivity contribution is -0.182. The molecule has 1 aliphatic rings. The van der Waals surface area contributed by atoms with Crippen LogP contribution in [-0.4, -0.2) is 41.2 Å².